The molecule has 0 bridgehead atoms. The number of rotatable bonds is 7. The second kappa shape index (κ2) is 6.11. The number of anilines is 1. The number of nitrogen functional groups attached to an aromatic ring is 1. The van der Waals surface area contributed by atoms with Crippen LogP contribution in [0.1, 0.15) is 24.0 Å². The fourth-order valence-electron chi connectivity index (χ4n) is 1.99. The summed E-state index contributed by atoms with van der Waals surface area (Å²) < 4.78 is 32.5. The summed E-state index contributed by atoms with van der Waals surface area (Å²) in [4.78, 5) is 0.247. The van der Waals surface area contributed by atoms with Crippen LogP contribution in [-0.2, 0) is 14.8 Å². The van der Waals surface area contributed by atoms with Gasteiger partial charge in [0.1, 0.15) is 0 Å². The van der Waals surface area contributed by atoms with Crippen molar-refractivity contribution in [2.75, 3.05) is 25.5 Å². The molecule has 6 heteroatoms. The van der Waals surface area contributed by atoms with Crippen LogP contribution in [0.3, 0.4) is 0 Å². The van der Waals surface area contributed by atoms with E-state index in [-0.39, 0.29) is 11.4 Å². The summed E-state index contributed by atoms with van der Waals surface area (Å²) in [6.07, 6.45) is 2.46. The first-order valence-corrected chi connectivity index (χ1v) is 8.32. The predicted molar refractivity (Wildman–Crippen MR) is 79.1 cm³/mol. The second-order valence-corrected chi connectivity index (χ2v) is 7.13. The number of sulfonamides is 1. The number of hydrogen-bond donors (Lipinski definition) is 2. The standard InChI is InChI=1S/C14H22N2O3S/c1-10-7-13(15)11(2)14(8-10)20(17,18)16-5-6-19-9-12-3-4-12/h7-8,12,16H,3-6,9,15H2,1-2H3. The Morgan fingerprint density at radius 1 is 1.35 bits per heavy atom. The van der Waals surface area contributed by atoms with Crippen molar-refractivity contribution in [3.63, 3.8) is 0 Å². The van der Waals surface area contributed by atoms with Gasteiger partial charge in [-0.15, -0.1) is 0 Å². The van der Waals surface area contributed by atoms with Crippen molar-refractivity contribution in [3.8, 4) is 0 Å². The Labute approximate surface area is 120 Å². The average Bonchev–Trinajstić information content (AvgIpc) is 3.17. The van der Waals surface area contributed by atoms with Gasteiger partial charge in [0.25, 0.3) is 0 Å². The van der Waals surface area contributed by atoms with Crippen LogP contribution >= 0.6 is 0 Å². The van der Waals surface area contributed by atoms with Crippen LogP contribution in [0.5, 0.6) is 0 Å². The quantitative estimate of drug-likeness (QED) is 0.591. The molecular weight excluding hydrogens is 276 g/mol. The first kappa shape index (κ1) is 15.3. The van der Waals surface area contributed by atoms with Gasteiger partial charge in [0.2, 0.25) is 10.0 Å². The van der Waals surface area contributed by atoms with Crippen molar-refractivity contribution in [1.82, 2.24) is 4.72 Å². The molecule has 1 saturated carbocycles. The summed E-state index contributed by atoms with van der Waals surface area (Å²) in [6.45, 7) is 4.96. The highest BCUT2D eigenvalue weighted by Gasteiger charge is 2.21. The molecule has 0 radical (unpaired) electrons. The van der Waals surface area contributed by atoms with Crippen LogP contribution in [0.2, 0.25) is 0 Å². The molecule has 2 rings (SSSR count). The van der Waals surface area contributed by atoms with Crippen LogP contribution in [0.25, 0.3) is 0 Å². The lowest BCUT2D eigenvalue weighted by atomic mass is 10.1. The van der Waals surface area contributed by atoms with Crippen LogP contribution in [-0.4, -0.2) is 28.2 Å². The normalized spacial score (nSPS) is 15.5. The summed E-state index contributed by atoms with van der Waals surface area (Å²) in [5.74, 6) is 0.686. The molecule has 1 aliphatic rings. The third kappa shape index (κ3) is 3.94. The lowest BCUT2D eigenvalue weighted by molar-refractivity contribution is 0.129. The van der Waals surface area contributed by atoms with Gasteiger partial charge in [-0.25, -0.2) is 13.1 Å². The molecule has 112 valence electrons. The van der Waals surface area contributed by atoms with Gasteiger partial charge in [0.05, 0.1) is 11.5 Å². The smallest absolute Gasteiger partial charge is 0.240 e. The number of benzene rings is 1. The van der Waals surface area contributed by atoms with E-state index in [0.29, 0.717) is 23.8 Å². The molecule has 1 fully saturated rings. The molecule has 0 amide bonds. The van der Waals surface area contributed by atoms with E-state index in [4.69, 9.17) is 10.5 Å². The number of hydrogen-bond acceptors (Lipinski definition) is 4. The van der Waals surface area contributed by atoms with Crippen molar-refractivity contribution in [2.45, 2.75) is 31.6 Å². The summed E-state index contributed by atoms with van der Waals surface area (Å²) >= 11 is 0. The maximum absolute atomic E-state index is 12.2. The van der Waals surface area contributed by atoms with E-state index >= 15 is 0 Å². The number of aryl methyl sites for hydroxylation is 1. The van der Waals surface area contributed by atoms with Gasteiger partial charge in [-0.1, -0.05) is 0 Å². The van der Waals surface area contributed by atoms with Crippen molar-refractivity contribution < 1.29 is 13.2 Å². The van der Waals surface area contributed by atoms with Crippen LogP contribution in [0.15, 0.2) is 17.0 Å². The first-order chi connectivity index (χ1) is 9.40. The highest BCUT2D eigenvalue weighted by Crippen LogP contribution is 2.28. The first-order valence-electron chi connectivity index (χ1n) is 6.84. The van der Waals surface area contributed by atoms with Crippen molar-refractivity contribution in [1.29, 1.82) is 0 Å². The molecule has 0 saturated heterocycles. The van der Waals surface area contributed by atoms with Gasteiger partial charge in [-0.3, -0.25) is 0 Å². The Bertz CT molecular complexity index is 580. The molecule has 5 nitrogen and oxygen atoms in total. The van der Waals surface area contributed by atoms with Gasteiger partial charge in [-0.2, -0.15) is 0 Å². The molecule has 20 heavy (non-hydrogen) atoms. The lowest BCUT2D eigenvalue weighted by Crippen LogP contribution is -2.28. The fourth-order valence-corrected chi connectivity index (χ4v) is 3.36. The van der Waals surface area contributed by atoms with Gasteiger partial charge in [0.15, 0.2) is 0 Å². The topological polar surface area (TPSA) is 81.4 Å². The Balaban J connectivity index is 1.95. The molecule has 0 atom stereocenters. The van der Waals surface area contributed by atoms with Crippen molar-refractivity contribution >= 4 is 15.7 Å². The number of nitrogens with two attached hydrogens (primary N) is 1. The molecular formula is C14H22N2O3S. The molecule has 0 aromatic heterocycles. The minimum atomic E-state index is -3.53. The Hall–Kier alpha value is -1.11. The highest BCUT2D eigenvalue weighted by molar-refractivity contribution is 7.89. The molecule has 3 N–H and O–H groups in total. The van der Waals surface area contributed by atoms with E-state index in [9.17, 15) is 8.42 Å². The van der Waals surface area contributed by atoms with E-state index in [1.807, 2.05) is 6.92 Å². The van der Waals surface area contributed by atoms with E-state index in [2.05, 4.69) is 4.72 Å². The van der Waals surface area contributed by atoms with Gasteiger partial charge < -0.3 is 10.5 Å². The van der Waals surface area contributed by atoms with Crippen LogP contribution in [0.4, 0.5) is 5.69 Å². The minimum absolute atomic E-state index is 0.247. The van der Waals surface area contributed by atoms with E-state index in [1.165, 1.54) is 12.8 Å². The van der Waals surface area contributed by atoms with Gasteiger partial charge in [0, 0.05) is 18.8 Å². The zero-order valence-electron chi connectivity index (χ0n) is 12.0. The monoisotopic (exact) mass is 298 g/mol. The average molecular weight is 298 g/mol. The summed E-state index contributed by atoms with van der Waals surface area (Å²) in [5, 5.41) is 0. The summed E-state index contributed by atoms with van der Waals surface area (Å²) in [7, 11) is -3.53. The predicted octanol–water partition coefficient (Wildman–Crippen LogP) is 1.59. The molecule has 0 aliphatic heterocycles. The zero-order chi connectivity index (χ0) is 14.8. The summed E-state index contributed by atoms with van der Waals surface area (Å²) in [6, 6.07) is 3.41. The van der Waals surface area contributed by atoms with Crippen molar-refractivity contribution in [2.24, 2.45) is 5.92 Å². The molecule has 0 heterocycles. The SMILES string of the molecule is Cc1cc(N)c(C)c(S(=O)(=O)NCCOCC2CC2)c1. The third-order valence-electron chi connectivity index (χ3n) is 3.42. The molecule has 1 aromatic rings. The van der Waals surface area contributed by atoms with Crippen molar-refractivity contribution in [3.05, 3.63) is 23.3 Å². The zero-order valence-corrected chi connectivity index (χ0v) is 12.8. The molecule has 0 spiro atoms. The molecule has 1 aromatic carbocycles. The lowest BCUT2D eigenvalue weighted by Gasteiger charge is -2.12. The summed E-state index contributed by atoms with van der Waals surface area (Å²) in [5.41, 5.74) is 7.73. The Morgan fingerprint density at radius 2 is 2.05 bits per heavy atom. The van der Waals surface area contributed by atoms with Crippen LogP contribution in [0, 0.1) is 19.8 Å². The second-order valence-electron chi connectivity index (χ2n) is 5.39. The van der Waals surface area contributed by atoms with Crippen LogP contribution < -0.4 is 10.5 Å². The van der Waals surface area contributed by atoms with E-state index < -0.39 is 10.0 Å². The minimum Gasteiger partial charge on any atom is -0.398 e. The largest absolute Gasteiger partial charge is 0.398 e. The van der Waals surface area contributed by atoms with E-state index in [0.717, 1.165) is 12.2 Å². The van der Waals surface area contributed by atoms with Gasteiger partial charge in [-0.05, 0) is 55.9 Å². The maximum Gasteiger partial charge on any atom is 0.240 e. The fraction of sp³-hybridized carbons (Fsp3) is 0.571. The molecule has 1 aliphatic carbocycles. The Kier molecular flexibility index (Phi) is 4.67. The van der Waals surface area contributed by atoms with Gasteiger partial charge >= 0.3 is 0 Å². The molecule has 0 unspecified atom stereocenters. The van der Waals surface area contributed by atoms with E-state index in [1.54, 1.807) is 19.1 Å². The number of nitrogens with one attached hydrogen (secondary N) is 1. The maximum atomic E-state index is 12.2. The highest BCUT2D eigenvalue weighted by atomic mass is 32.2. The Morgan fingerprint density at radius 3 is 2.70 bits per heavy atom. The third-order valence-corrected chi connectivity index (χ3v) is 5.01. The number of ether oxygens (including phenoxy) is 1.